The third-order valence-corrected chi connectivity index (χ3v) is 3.61. The average molecular weight is 286 g/mol. The van der Waals surface area contributed by atoms with E-state index in [9.17, 15) is 0 Å². The normalized spacial score (nSPS) is 12.0. The third kappa shape index (κ3) is 3.85. The van der Waals surface area contributed by atoms with E-state index in [4.69, 9.17) is 5.73 Å². The minimum absolute atomic E-state index is 0.0845. The molecule has 21 heavy (non-hydrogen) atoms. The van der Waals surface area contributed by atoms with Crippen LogP contribution in [0.15, 0.2) is 36.5 Å². The Morgan fingerprint density at radius 1 is 1.14 bits per heavy atom. The van der Waals surface area contributed by atoms with Crippen molar-refractivity contribution in [2.45, 2.75) is 46.3 Å². The van der Waals surface area contributed by atoms with Crippen LogP contribution < -0.4 is 5.73 Å². The molecule has 0 fully saturated rings. The second-order valence-corrected chi connectivity index (χ2v) is 6.43. The molecule has 0 spiro atoms. The fourth-order valence-electron chi connectivity index (χ4n) is 2.41. The summed E-state index contributed by atoms with van der Waals surface area (Å²) >= 11 is 0. The molecular weight excluding hydrogens is 260 g/mol. The van der Waals surface area contributed by atoms with E-state index in [-0.39, 0.29) is 5.54 Å². The monoisotopic (exact) mass is 286 g/mol. The van der Waals surface area contributed by atoms with Crippen LogP contribution in [-0.4, -0.2) is 21.2 Å². The van der Waals surface area contributed by atoms with Gasteiger partial charge in [-0.15, -0.1) is 0 Å². The number of hydrogen-bond acceptors (Lipinski definition) is 3. The van der Waals surface area contributed by atoms with Gasteiger partial charge in [0.1, 0.15) is 5.82 Å². The average Bonchev–Trinajstić information content (AvgIpc) is 2.80. The number of nitrogens with zero attached hydrogens (tertiary/aromatic N) is 3. The molecule has 0 unspecified atom stereocenters. The van der Waals surface area contributed by atoms with E-state index < -0.39 is 0 Å². The smallest absolute Gasteiger partial charge is 0.126 e. The summed E-state index contributed by atoms with van der Waals surface area (Å²) in [5.41, 5.74) is 8.60. The van der Waals surface area contributed by atoms with Crippen molar-refractivity contribution in [3.63, 3.8) is 0 Å². The number of benzene rings is 1. The molecule has 0 aliphatic carbocycles. The summed E-state index contributed by atoms with van der Waals surface area (Å²) in [6.45, 7) is 11.2. The molecule has 1 aromatic carbocycles. The number of aromatic nitrogens is 2. The highest BCUT2D eigenvalue weighted by Gasteiger charge is 2.19. The molecule has 1 heterocycles. The lowest BCUT2D eigenvalue weighted by Gasteiger charge is -2.23. The summed E-state index contributed by atoms with van der Waals surface area (Å²) in [5.74, 6) is 0.772. The Bertz CT molecular complexity index is 566. The van der Waals surface area contributed by atoms with Crippen LogP contribution in [0.3, 0.4) is 0 Å². The second kappa shape index (κ2) is 6.31. The molecule has 0 radical (unpaired) electrons. The molecule has 0 bridgehead atoms. The number of anilines is 1. The van der Waals surface area contributed by atoms with Crippen molar-refractivity contribution in [1.82, 2.24) is 14.7 Å². The first-order valence-corrected chi connectivity index (χ1v) is 7.51. The summed E-state index contributed by atoms with van der Waals surface area (Å²) < 4.78 is 1.90. The molecule has 2 N–H and O–H groups in total. The van der Waals surface area contributed by atoms with Crippen LogP contribution in [0.25, 0.3) is 0 Å². The van der Waals surface area contributed by atoms with Crippen molar-refractivity contribution in [1.29, 1.82) is 0 Å². The number of nitrogen functional groups attached to an aromatic ring is 1. The molecule has 2 rings (SSSR count). The zero-order valence-corrected chi connectivity index (χ0v) is 13.5. The van der Waals surface area contributed by atoms with Crippen molar-refractivity contribution >= 4 is 5.82 Å². The molecule has 114 valence electrons. The van der Waals surface area contributed by atoms with Crippen LogP contribution in [0.1, 0.15) is 38.8 Å². The SMILES string of the molecule is CCN(Cc1ccccc1)Cc1cnn(C(C)(C)C)c1N. The Labute approximate surface area is 127 Å². The summed E-state index contributed by atoms with van der Waals surface area (Å²) in [4.78, 5) is 2.37. The van der Waals surface area contributed by atoms with Gasteiger partial charge < -0.3 is 5.73 Å². The minimum Gasteiger partial charge on any atom is -0.384 e. The van der Waals surface area contributed by atoms with Gasteiger partial charge in [0.25, 0.3) is 0 Å². The summed E-state index contributed by atoms with van der Waals surface area (Å²) in [6, 6.07) is 10.5. The summed E-state index contributed by atoms with van der Waals surface area (Å²) in [7, 11) is 0. The predicted octanol–water partition coefficient (Wildman–Crippen LogP) is 3.24. The van der Waals surface area contributed by atoms with Gasteiger partial charge in [0.05, 0.1) is 11.7 Å². The highest BCUT2D eigenvalue weighted by molar-refractivity contribution is 5.39. The Morgan fingerprint density at radius 3 is 2.33 bits per heavy atom. The first kappa shape index (κ1) is 15.6. The fourth-order valence-corrected chi connectivity index (χ4v) is 2.41. The van der Waals surface area contributed by atoms with Crippen LogP contribution in [0.4, 0.5) is 5.82 Å². The number of nitrogens with two attached hydrogens (primary N) is 1. The van der Waals surface area contributed by atoms with E-state index in [0.29, 0.717) is 0 Å². The van der Waals surface area contributed by atoms with E-state index in [2.05, 4.69) is 62.0 Å². The zero-order valence-electron chi connectivity index (χ0n) is 13.5. The van der Waals surface area contributed by atoms with Gasteiger partial charge in [-0.25, -0.2) is 4.68 Å². The third-order valence-electron chi connectivity index (χ3n) is 3.61. The van der Waals surface area contributed by atoms with Gasteiger partial charge in [-0.05, 0) is 32.9 Å². The van der Waals surface area contributed by atoms with Crippen LogP contribution in [0.5, 0.6) is 0 Å². The van der Waals surface area contributed by atoms with Gasteiger partial charge in [0.15, 0.2) is 0 Å². The lowest BCUT2D eigenvalue weighted by Crippen LogP contribution is -2.26. The highest BCUT2D eigenvalue weighted by atomic mass is 15.3. The maximum absolute atomic E-state index is 6.26. The maximum atomic E-state index is 6.26. The van der Waals surface area contributed by atoms with Crippen LogP contribution >= 0.6 is 0 Å². The molecular formula is C17H26N4. The summed E-state index contributed by atoms with van der Waals surface area (Å²) in [5, 5.41) is 4.45. The largest absolute Gasteiger partial charge is 0.384 e. The molecule has 4 nitrogen and oxygen atoms in total. The lowest BCUT2D eigenvalue weighted by molar-refractivity contribution is 0.271. The first-order valence-electron chi connectivity index (χ1n) is 7.51. The zero-order chi connectivity index (χ0) is 15.5. The van der Waals surface area contributed by atoms with Gasteiger partial charge in [-0.1, -0.05) is 37.3 Å². The first-order chi connectivity index (χ1) is 9.91. The van der Waals surface area contributed by atoms with Gasteiger partial charge in [-0.3, -0.25) is 4.90 Å². The molecule has 0 saturated heterocycles. The van der Waals surface area contributed by atoms with Crippen molar-refractivity contribution in [2.24, 2.45) is 0 Å². The van der Waals surface area contributed by atoms with Crippen molar-refractivity contribution in [3.05, 3.63) is 47.7 Å². The number of hydrogen-bond donors (Lipinski definition) is 1. The topological polar surface area (TPSA) is 47.1 Å². The van der Waals surface area contributed by atoms with E-state index in [1.54, 1.807) is 0 Å². The van der Waals surface area contributed by atoms with Gasteiger partial charge in [0.2, 0.25) is 0 Å². The second-order valence-electron chi connectivity index (χ2n) is 6.43. The predicted molar refractivity (Wildman–Crippen MR) is 87.9 cm³/mol. The summed E-state index contributed by atoms with van der Waals surface area (Å²) in [6.07, 6.45) is 1.90. The minimum atomic E-state index is -0.0845. The maximum Gasteiger partial charge on any atom is 0.126 e. The molecule has 4 heteroatoms. The Hall–Kier alpha value is -1.81. The van der Waals surface area contributed by atoms with E-state index in [1.165, 1.54) is 5.56 Å². The Balaban J connectivity index is 2.11. The molecule has 0 amide bonds. The molecule has 0 aliphatic heterocycles. The number of rotatable bonds is 5. The van der Waals surface area contributed by atoms with Crippen LogP contribution in [0, 0.1) is 0 Å². The molecule has 0 atom stereocenters. The highest BCUT2D eigenvalue weighted by Crippen LogP contribution is 2.22. The molecule has 2 aromatic rings. The van der Waals surface area contributed by atoms with Crippen molar-refractivity contribution in [2.75, 3.05) is 12.3 Å². The Morgan fingerprint density at radius 2 is 1.81 bits per heavy atom. The van der Waals surface area contributed by atoms with E-state index >= 15 is 0 Å². The van der Waals surface area contributed by atoms with Crippen LogP contribution in [0.2, 0.25) is 0 Å². The fraction of sp³-hybridized carbons (Fsp3) is 0.471. The molecule has 0 saturated carbocycles. The van der Waals surface area contributed by atoms with Gasteiger partial charge in [0, 0.05) is 18.7 Å². The molecule has 1 aromatic heterocycles. The van der Waals surface area contributed by atoms with Crippen molar-refractivity contribution in [3.8, 4) is 0 Å². The standard InChI is InChI=1S/C17H26N4/c1-5-20(12-14-9-7-6-8-10-14)13-15-11-19-21(16(15)18)17(2,3)4/h6-11H,5,12-13,18H2,1-4H3. The van der Waals surface area contributed by atoms with E-state index in [1.807, 2.05) is 16.9 Å². The lowest BCUT2D eigenvalue weighted by atomic mass is 10.1. The van der Waals surface area contributed by atoms with Crippen molar-refractivity contribution < 1.29 is 0 Å². The van der Waals surface area contributed by atoms with Gasteiger partial charge in [-0.2, -0.15) is 5.10 Å². The van der Waals surface area contributed by atoms with E-state index in [0.717, 1.165) is 31.0 Å². The van der Waals surface area contributed by atoms with Crippen LogP contribution in [-0.2, 0) is 18.6 Å². The van der Waals surface area contributed by atoms with Gasteiger partial charge >= 0.3 is 0 Å². The Kier molecular flexibility index (Phi) is 4.68. The quantitative estimate of drug-likeness (QED) is 0.918. The molecule has 0 aliphatic rings.